The second-order valence-electron chi connectivity index (χ2n) is 6.24. The van der Waals surface area contributed by atoms with Crippen molar-refractivity contribution in [1.29, 1.82) is 0 Å². The van der Waals surface area contributed by atoms with Gasteiger partial charge in [0.05, 0.1) is 17.0 Å². The van der Waals surface area contributed by atoms with E-state index in [1.807, 2.05) is 66.7 Å². The summed E-state index contributed by atoms with van der Waals surface area (Å²) in [5.74, 6) is 1.05. The summed E-state index contributed by atoms with van der Waals surface area (Å²) in [5, 5.41) is 0.440. The Morgan fingerprint density at radius 1 is 1.04 bits per heavy atom. The SMILES string of the molecule is COc1cc(/C=C2/Sc3ccccc3C2=O)cc(Cl)c1OCc1ccccc1. The Morgan fingerprint density at radius 3 is 2.54 bits per heavy atom. The van der Waals surface area contributed by atoms with Gasteiger partial charge in [0.2, 0.25) is 5.78 Å². The summed E-state index contributed by atoms with van der Waals surface area (Å²) < 4.78 is 11.4. The maximum Gasteiger partial charge on any atom is 0.200 e. The monoisotopic (exact) mass is 408 g/mol. The second-order valence-corrected chi connectivity index (χ2v) is 7.74. The minimum Gasteiger partial charge on any atom is -0.493 e. The number of rotatable bonds is 5. The second kappa shape index (κ2) is 8.13. The summed E-state index contributed by atoms with van der Waals surface area (Å²) in [6, 6.07) is 21.1. The molecule has 4 rings (SSSR count). The van der Waals surface area contributed by atoms with E-state index in [4.69, 9.17) is 21.1 Å². The number of allylic oxidation sites excluding steroid dienone is 1. The minimum absolute atomic E-state index is 0.0279. The van der Waals surface area contributed by atoms with Gasteiger partial charge in [-0.3, -0.25) is 4.79 Å². The predicted molar refractivity (Wildman–Crippen MR) is 113 cm³/mol. The van der Waals surface area contributed by atoms with Crippen LogP contribution in [0.1, 0.15) is 21.5 Å². The third-order valence-electron chi connectivity index (χ3n) is 4.35. The van der Waals surface area contributed by atoms with Crippen LogP contribution in [-0.2, 0) is 6.61 Å². The van der Waals surface area contributed by atoms with E-state index in [1.54, 1.807) is 13.2 Å². The highest BCUT2D eigenvalue weighted by atomic mass is 35.5. The average molecular weight is 409 g/mol. The van der Waals surface area contributed by atoms with Gasteiger partial charge in [-0.25, -0.2) is 0 Å². The summed E-state index contributed by atoms with van der Waals surface area (Å²) in [4.78, 5) is 14.2. The van der Waals surface area contributed by atoms with Crippen molar-refractivity contribution >= 4 is 35.2 Å². The Labute approximate surface area is 172 Å². The summed E-state index contributed by atoms with van der Waals surface area (Å²) in [7, 11) is 1.57. The molecule has 0 radical (unpaired) electrons. The van der Waals surface area contributed by atoms with Gasteiger partial charge in [0.1, 0.15) is 6.61 Å². The molecule has 0 saturated heterocycles. The van der Waals surface area contributed by atoms with Crippen LogP contribution in [0.15, 0.2) is 76.5 Å². The molecule has 1 aliphatic heterocycles. The van der Waals surface area contributed by atoms with Gasteiger partial charge in [-0.05, 0) is 41.5 Å². The van der Waals surface area contributed by atoms with Crippen molar-refractivity contribution in [2.45, 2.75) is 11.5 Å². The van der Waals surface area contributed by atoms with E-state index < -0.39 is 0 Å². The number of Topliss-reactive ketones (excluding diaryl/α,β-unsaturated/α-hetero) is 1. The first-order chi connectivity index (χ1) is 13.7. The number of thioether (sulfide) groups is 1. The van der Waals surface area contributed by atoms with Gasteiger partial charge in [0.25, 0.3) is 0 Å². The topological polar surface area (TPSA) is 35.5 Å². The summed E-state index contributed by atoms with van der Waals surface area (Å²) >= 11 is 7.93. The van der Waals surface area contributed by atoms with Gasteiger partial charge in [-0.15, -0.1) is 0 Å². The highest BCUT2D eigenvalue weighted by molar-refractivity contribution is 8.04. The van der Waals surface area contributed by atoms with Crippen LogP contribution in [0.2, 0.25) is 5.02 Å². The van der Waals surface area contributed by atoms with Crippen LogP contribution in [0, 0.1) is 0 Å². The molecule has 0 aromatic heterocycles. The predicted octanol–water partition coefficient (Wildman–Crippen LogP) is 6.26. The molecule has 1 aliphatic rings. The quantitative estimate of drug-likeness (QED) is 0.467. The van der Waals surface area contributed by atoms with Crippen molar-refractivity contribution in [3.05, 3.63) is 93.3 Å². The van der Waals surface area contributed by atoms with Gasteiger partial charge in [-0.1, -0.05) is 65.8 Å². The van der Waals surface area contributed by atoms with Crippen molar-refractivity contribution in [3.8, 4) is 11.5 Å². The van der Waals surface area contributed by atoms with Gasteiger partial charge in [0, 0.05) is 10.5 Å². The van der Waals surface area contributed by atoms with E-state index >= 15 is 0 Å². The van der Waals surface area contributed by atoms with Gasteiger partial charge in [0.15, 0.2) is 11.5 Å². The molecular weight excluding hydrogens is 392 g/mol. The lowest BCUT2D eigenvalue weighted by Crippen LogP contribution is -1.99. The normalized spacial score (nSPS) is 14.2. The van der Waals surface area contributed by atoms with Crippen molar-refractivity contribution in [2.75, 3.05) is 7.11 Å². The van der Waals surface area contributed by atoms with Gasteiger partial charge >= 0.3 is 0 Å². The summed E-state index contributed by atoms with van der Waals surface area (Å²) in [5.41, 5.74) is 2.56. The fraction of sp³-hybridized carbons (Fsp3) is 0.0870. The summed E-state index contributed by atoms with van der Waals surface area (Å²) in [6.45, 7) is 0.390. The largest absolute Gasteiger partial charge is 0.493 e. The smallest absolute Gasteiger partial charge is 0.200 e. The first-order valence-corrected chi connectivity index (χ1v) is 9.92. The van der Waals surface area contributed by atoms with Crippen LogP contribution >= 0.6 is 23.4 Å². The molecule has 5 heteroatoms. The highest BCUT2D eigenvalue weighted by Gasteiger charge is 2.25. The molecule has 140 valence electrons. The van der Waals surface area contributed by atoms with Crippen molar-refractivity contribution in [2.24, 2.45) is 0 Å². The zero-order chi connectivity index (χ0) is 19.5. The van der Waals surface area contributed by atoms with E-state index in [1.165, 1.54) is 11.8 Å². The van der Waals surface area contributed by atoms with E-state index in [0.717, 1.165) is 21.6 Å². The summed E-state index contributed by atoms with van der Waals surface area (Å²) in [6.07, 6.45) is 1.84. The molecule has 0 saturated carbocycles. The Morgan fingerprint density at radius 2 is 1.79 bits per heavy atom. The lowest BCUT2D eigenvalue weighted by Gasteiger charge is -2.13. The number of ketones is 1. The van der Waals surface area contributed by atoms with Crippen LogP contribution in [-0.4, -0.2) is 12.9 Å². The molecule has 3 aromatic carbocycles. The van der Waals surface area contributed by atoms with Crippen LogP contribution in [0.3, 0.4) is 0 Å². The van der Waals surface area contributed by atoms with E-state index in [2.05, 4.69) is 0 Å². The fourth-order valence-electron chi connectivity index (χ4n) is 2.98. The van der Waals surface area contributed by atoms with Crippen LogP contribution in [0.4, 0.5) is 0 Å². The molecule has 0 unspecified atom stereocenters. The molecule has 1 heterocycles. The Kier molecular flexibility index (Phi) is 5.42. The lowest BCUT2D eigenvalue weighted by molar-refractivity contribution is 0.104. The van der Waals surface area contributed by atoms with Crippen LogP contribution < -0.4 is 9.47 Å². The van der Waals surface area contributed by atoms with E-state index in [-0.39, 0.29) is 5.78 Å². The van der Waals surface area contributed by atoms with Crippen LogP contribution in [0.25, 0.3) is 6.08 Å². The lowest BCUT2D eigenvalue weighted by atomic mass is 10.1. The Bertz CT molecular complexity index is 1060. The van der Waals surface area contributed by atoms with Gasteiger partial charge < -0.3 is 9.47 Å². The van der Waals surface area contributed by atoms with Gasteiger partial charge in [-0.2, -0.15) is 0 Å². The Balaban J connectivity index is 1.60. The molecule has 3 aromatic rings. The number of carbonyl (C=O) groups excluding carboxylic acids is 1. The molecule has 0 bridgehead atoms. The maximum atomic E-state index is 12.6. The fourth-order valence-corrected chi connectivity index (χ4v) is 4.31. The zero-order valence-electron chi connectivity index (χ0n) is 15.1. The van der Waals surface area contributed by atoms with Crippen LogP contribution in [0.5, 0.6) is 11.5 Å². The molecule has 0 fully saturated rings. The maximum absolute atomic E-state index is 12.6. The van der Waals surface area contributed by atoms with Crippen molar-refractivity contribution in [3.63, 3.8) is 0 Å². The molecule has 0 atom stereocenters. The minimum atomic E-state index is 0.0279. The number of hydrogen-bond donors (Lipinski definition) is 0. The molecule has 0 N–H and O–H groups in total. The number of methoxy groups -OCH3 is 1. The number of halogens is 1. The molecule has 0 spiro atoms. The van der Waals surface area contributed by atoms with E-state index in [0.29, 0.717) is 28.0 Å². The molecule has 3 nitrogen and oxygen atoms in total. The Hall–Kier alpha value is -2.69. The first kappa shape index (κ1) is 18.7. The van der Waals surface area contributed by atoms with Crippen molar-refractivity contribution in [1.82, 2.24) is 0 Å². The number of hydrogen-bond acceptors (Lipinski definition) is 4. The van der Waals surface area contributed by atoms with Crippen molar-refractivity contribution < 1.29 is 14.3 Å². The third kappa shape index (κ3) is 3.79. The first-order valence-electron chi connectivity index (χ1n) is 8.73. The number of fused-ring (bicyclic) bond motifs is 1. The number of carbonyl (C=O) groups is 1. The average Bonchev–Trinajstić information content (AvgIpc) is 3.03. The third-order valence-corrected chi connectivity index (χ3v) is 5.73. The molecule has 28 heavy (non-hydrogen) atoms. The molecule has 0 amide bonds. The van der Waals surface area contributed by atoms with E-state index in [9.17, 15) is 4.79 Å². The highest BCUT2D eigenvalue weighted by Crippen LogP contribution is 2.42. The number of benzene rings is 3. The zero-order valence-corrected chi connectivity index (χ0v) is 16.7. The molecular formula is C23H17ClO3S. The standard InChI is InChI=1S/C23H17ClO3S/c1-26-19-12-16(13-21-22(25)17-9-5-6-10-20(17)28-21)11-18(24)23(19)27-14-15-7-3-2-4-8-15/h2-13H,14H2,1H3/b21-13+. The number of ether oxygens (including phenoxy) is 2. The molecule has 0 aliphatic carbocycles.